The number of hydrazine groups is 1. The van der Waals surface area contributed by atoms with E-state index < -0.39 is 9.84 Å². The fraction of sp³-hybridized carbons (Fsp3) is 0.455. The van der Waals surface area contributed by atoms with Crippen LogP contribution in [-0.2, 0) is 16.3 Å². The molecule has 0 heterocycles. The first-order chi connectivity index (χ1) is 8.10. The molecule has 96 valence electrons. The van der Waals surface area contributed by atoms with Crippen LogP contribution in [0.25, 0.3) is 0 Å². The van der Waals surface area contributed by atoms with E-state index in [1.165, 1.54) is 0 Å². The molecule has 0 aliphatic rings. The first-order valence-electron chi connectivity index (χ1n) is 5.56. The van der Waals surface area contributed by atoms with E-state index in [4.69, 9.17) is 5.84 Å². The minimum Gasteiger partial charge on any atom is -0.303 e. The summed E-state index contributed by atoms with van der Waals surface area (Å²) in [7, 11) is -3.09. The van der Waals surface area contributed by atoms with Gasteiger partial charge in [-0.15, -0.1) is 0 Å². The standard InChI is InChI=1S/C11H19N3O2S/c1-2-17(15,16)11-5-3-10(4-6-11)7-8-13-9-14-12/h3-6,13-14H,2,7-9,12H2,1H3. The van der Waals surface area contributed by atoms with Gasteiger partial charge in [0.15, 0.2) is 9.84 Å². The predicted octanol–water partition coefficient (Wildman–Crippen LogP) is 0.0331. The molecule has 0 amide bonds. The third kappa shape index (κ3) is 4.43. The minimum absolute atomic E-state index is 0.135. The molecule has 0 saturated carbocycles. The van der Waals surface area contributed by atoms with E-state index >= 15 is 0 Å². The molecule has 0 aromatic heterocycles. The molecule has 1 aromatic rings. The van der Waals surface area contributed by atoms with Crippen molar-refractivity contribution in [3.63, 3.8) is 0 Å². The Labute approximate surface area is 102 Å². The summed E-state index contributed by atoms with van der Waals surface area (Å²) in [4.78, 5) is 0.389. The first kappa shape index (κ1) is 14.1. The topological polar surface area (TPSA) is 84.2 Å². The SMILES string of the molecule is CCS(=O)(=O)c1ccc(CCNCNN)cc1. The molecule has 0 aliphatic heterocycles. The Hall–Kier alpha value is -0.950. The van der Waals surface area contributed by atoms with Gasteiger partial charge in [0.25, 0.3) is 0 Å². The lowest BCUT2D eigenvalue weighted by atomic mass is 10.1. The van der Waals surface area contributed by atoms with Gasteiger partial charge in [0, 0.05) is 6.54 Å². The van der Waals surface area contributed by atoms with Crippen LogP contribution in [0, 0.1) is 0 Å². The molecule has 6 heteroatoms. The maximum atomic E-state index is 11.6. The van der Waals surface area contributed by atoms with Crippen LogP contribution in [-0.4, -0.2) is 27.4 Å². The van der Waals surface area contributed by atoms with Gasteiger partial charge in [-0.2, -0.15) is 0 Å². The fourth-order valence-corrected chi connectivity index (χ4v) is 2.31. The lowest BCUT2D eigenvalue weighted by molar-refractivity contribution is 0.596. The normalized spacial score (nSPS) is 11.6. The molecule has 1 rings (SSSR count). The Morgan fingerprint density at radius 2 is 1.88 bits per heavy atom. The predicted molar refractivity (Wildman–Crippen MR) is 68.1 cm³/mol. The molecule has 1 aromatic carbocycles. The van der Waals surface area contributed by atoms with Gasteiger partial charge in [-0.05, 0) is 24.1 Å². The van der Waals surface area contributed by atoms with Gasteiger partial charge in [-0.25, -0.2) is 13.8 Å². The fourth-order valence-electron chi connectivity index (χ4n) is 1.42. The maximum absolute atomic E-state index is 11.6. The van der Waals surface area contributed by atoms with Gasteiger partial charge in [-0.1, -0.05) is 19.1 Å². The summed E-state index contributed by atoms with van der Waals surface area (Å²) in [5.41, 5.74) is 3.60. The highest BCUT2D eigenvalue weighted by Crippen LogP contribution is 2.12. The molecule has 0 atom stereocenters. The van der Waals surface area contributed by atoms with Gasteiger partial charge in [0.2, 0.25) is 0 Å². The highest BCUT2D eigenvalue weighted by Gasteiger charge is 2.10. The molecular weight excluding hydrogens is 238 g/mol. The molecule has 0 saturated heterocycles. The molecule has 0 spiro atoms. The van der Waals surface area contributed by atoms with Crippen molar-refractivity contribution in [3.05, 3.63) is 29.8 Å². The van der Waals surface area contributed by atoms with Crippen LogP contribution < -0.4 is 16.6 Å². The molecular formula is C11H19N3O2S. The van der Waals surface area contributed by atoms with Gasteiger partial charge in [0.05, 0.1) is 17.3 Å². The summed E-state index contributed by atoms with van der Waals surface area (Å²) < 4.78 is 23.2. The zero-order valence-electron chi connectivity index (χ0n) is 9.94. The van der Waals surface area contributed by atoms with Crippen LogP contribution in [0.1, 0.15) is 12.5 Å². The number of sulfone groups is 1. The van der Waals surface area contributed by atoms with E-state index in [0.717, 1.165) is 18.5 Å². The first-order valence-corrected chi connectivity index (χ1v) is 7.21. The van der Waals surface area contributed by atoms with Crippen molar-refractivity contribution in [1.82, 2.24) is 10.7 Å². The second-order valence-electron chi connectivity index (χ2n) is 3.68. The van der Waals surface area contributed by atoms with Crippen molar-refractivity contribution in [2.75, 3.05) is 19.0 Å². The summed E-state index contributed by atoms with van der Waals surface area (Å²) in [6.07, 6.45) is 0.841. The van der Waals surface area contributed by atoms with Gasteiger partial charge in [-0.3, -0.25) is 5.84 Å². The van der Waals surface area contributed by atoms with Crippen LogP contribution >= 0.6 is 0 Å². The van der Waals surface area contributed by atoms with E-state index in [1.807, 2.05) is 12.1 Å². The Balaban J connectivity index is 2.57. The highest BCUT2D eigenvalue weighted by atomic mass is 32.2. The summed E-state index contributed by atoms with van der Waals surface area (Å²) >= 11 is 0. The number of hydrogen-bond donors (Lipinski definition) is 3. The summed E-state index contributed by atoms with van der Waals surface area (Å²) in [5, 5.41) is 3.09. The molecule has 0 bridgehead atoms. The van der Waals surface area contributed by atoms with Crippen molar-refractivity contribution in [2.45, 2.75) is 18.2 Å². The van der Waals surface area contributed by atoms with Crippen molar-refractivity contribution in [3.8, 4) is 0 Å². The molecule has 0 radical (unpaired) electrons. The van der Waals surface area contributed by atoms with Crippen molar-refractivity contribution in [1.29, 1.82) is 0 Å². The zero-order chi connectivity index (χ0) is 12.7. The van der Waals surface area contributed by atoms with Crippen LogP contribution in [0.3, 0.4) is 0 Å². The average molecular weight is 257 g/mol. The minimum atomic E-state index is -3.09. The Bertz CT molecular complexity index is 429. The number of rotatable bonds is 7. The molecule has 17 heavy (non-hydrogen) atoms. The lowest BCUT2D eigenvalue weighted by Gasteiger charge is -2.05. The van der Waals surface area contributed by atoms with Crippen LogP contribution in [0.4, 0.5) is 0 Å². The van der Waals surface area contributed by atoms with Gasteiger partial charge >= 0.3 is 0 Å². The smallest absolute Gasteiger partial charge is 0.178 e. The second-order valence-corrected chi connectivity index (χ2v) is 5.96. The molecule has 0 unspecified atom stereocenters. The van der Waals surface area contributed by atoms with Crippen LogP contribution in [0.5, 0.6) is 0 Å². The van der Waals surface area contributed by atoms with E-state index in [9.17, 15) is 8.42 Å². The largest absolute Gasteiger partial charge is 0.303 e. The highest BCUT2D eigenvalue weighted by molar-refractivity contribution is 7.91. The van der Waals surface area contributed by atoms with Crippen molar-refractivity contribution < 1.29 is 8.42 Å². The Kier molecular flexibility index (Phi) is 5.57. The summed E-state index contributed by atoms with van der Waals surface area (Å²) in [6.45, 7) is 3.00. The zero-order valence-corrected chi connectivity index (χ0v) is 10.8. The molecule has 5 nitrogen and oxygen atoms in total. The van der Waals surface area contributed by atoms with Crippen LogP contribution in [0.2, 0.25) is 0 Å². The van der Waals surface area contributed by atoms with Crippen molar-refractivity contribution in [2.24, 2.45) is 5.84 Å². The number of nitrogens with two attached hydrogens (primary N) is 1. The maximum Gasteiger partial charge on any atom is 0.178 e. The lowest BCUT2D eigenvalue weighted by Crippen LogP contribution is -2.34. The monoisotopic (exact) mass is 257 g/mol. The molecule has 0 fully saturated rings. The molecule has 0 aliphatic carbocycles. The number of hydrogen-bond acceptors (Lipinski definition) is 5. The second kappa shape index (κ2) is 6.70. The number of nitrogens with one attached hydrogen (secondary N) is 2. The third-order valence-corrected chi connectivity index (χ3v) is 4.23. The van der Waals surface area contributed by atoms with E-state index in [0.29, 0.717) is 11.6 Å². The van der Waals surface area contributed by atoms with E-state index in [2.05, 4.69) is 10.7 Å². The third-order valence-electron chi connectivity index (χ3n) is 2.48. The van der Waals surface area contributed by atoms with E-state index in [1.54, 1.807) is 19.1 Å². The average Bonchev–Trinajstić information content (AvgIpc) is 2.35. The van der Waals surface area contributed by atoms with Crippen molar-refractivity contribution >= 4 is 9.84 Å². The quantitative estimate of drug-likeness (QED) is 0.278. The van der Waals surface area contributed by atoms with Crippen LogP contribution in [0.15, 0.2) is 29.2 Å². The Morgan fingerprint density at radius 1 is 1.24 bits per heavy atom. The summed E-state index contributed by atoms with van der Waals surface area (Å²) in [6, 6.07) is 7.02. The van der Waals surface area contributed by atoms with Gasteiger partial charge in [0.1, 0.15) is 0 Å². The van der Waals surface area contributed by atoms with Gasteiger partial charge < -0.3 is 5.32 Å². The summed E-state index contributed by atoms with van der Waals surface area (Å²) in [5.74, 6) is 5.25. The number of benzene rings is 1. The molecule has 4 N–H and O–H groups in total. The van der Waals surface area contributed by atoms with E-state index in [-0.39, 0.29) is 5.75 Å². The Morgan fingerprint density at radius 3 is 2.41 bits per heavy atom.